The van der Waals surface area contributed by atoms with Crippen molar-refractivity contribution in [3.63, 3.8) is 0 Å². The van der Waals surface area contributed by atoms with Gasteiger partial charge in [-0.2, -0.15) is 0 Å². The Morgan fingerprint density at radius 3 is 2.12 bits per heavy atom. The highest BCUT2D eigenvalue weighted by Crippen LogP contribution is 2.24. The van der Waals surface area contributed by atoms with Crippen LogP contribution in [-0.2, 0) is 16.0 Å². The maximum absolute atomic E-state index is 14.2. The molecule has 0 saturated carbocycles. The highest BCUT2D eigenvalue weighted by atomic mass is 19.1. The van der Waals surface area contributed by atoms with E-state index in [4.69, 9.17) is 4.74 Å². The van der Waals surface area contributed by atoms with Gasteiger partial charge in [0.15, 0.2) is 0 Å². The molecule has 0 spiro atoms. The first kappa shape index (κ1) is 28.4. The van der Waals surface area contributed by atoms with Gasteiger partial charge in [-0.3, -0.25) is 14.4 Å². The fraction of sp³-hybridized carbons (Fsp3) is 0.258. The molecule has 8 nitrogen and oxygen atoms in total. The third-order valence-electron chi connectivity index (χ3n) is 6.01. The predicted octanol–water partition coefficient (Wildman–Crippen LogP) is 5.66. The number of halogens is 1. The number of para-hydroxylation sites is 1. The summed E-state index contributed by atoms with van der Waals surface area (Å²) in [4.78, 5) is 42.9. The van der Waals surface area contributed by atoms with Crippen LogP contribution < -0.4 is 15.4 Å². The van der Waals surface area contributed by atoms with Crippen LogP contribution in [0.2, 0.25) is 0 Å². The van der Waals surface area contributed by atoms with Gasteiger partial charge >= 0.3 is 0 Å². The smallest absolute Gasteiger partial charge is 0.271 e. The van der Waals surface area contributed by atoms with Gasteiger partial charge in [0.2, 0.25) is 11.8 Å². The zero-order valence-corrected chi connectivity index (χ0v) is 23.0. The molecule has 0 aliphatic rings. The van der Waals surface area contributed by atoms with E-state index in [-0.39, 0.29) is 17.8 Å². The molecule has 0 aliphatic heterocycles. The zero-order chi connectivity index (χ0) is 28.9. The highest BCUT2D eigenvalue weighted by molar-refractivity contribution is 6.02. The van der Waals surface area contributed by atoms with Gasteiger partial charge in [-0.05, 0) is 81.3 Å². The van der Waals surface area contributed by atoms with E-state index in [9.17, 15) is 18.8 Å². The zero-order valence-electron chi connectivity index (χ0n) is 23.0. The second-order valence-electron chi connectivity index (χ2n) is 10.5. The van der Waals surface area contributed by atoms with E-state index in [0.29, 0.717) is 22.6 Å². The number of amides is 3. The topological polar surface area (TPSA) is 104 Å². The molecule has 0 radical (unpaired) electrons. The standard InChI is InChI=1S/C31H33FN4O4/c1-5-20-9-13-23(14-10-20)40-24-15-11-22(12-16-24)33-27(37)18-36(19-28(38)35-31(2,3)4)30(39)26-17-21-7-6-8-25(32)29(21)34-26/h6-17,34H,5,18-19H2,1-4H3,(H,33,37)(H,35,38). The Morgan fingerprint density at radius 2 is 1.52 bits per heavy atom. The van der Waals surface area contributed by atoms with E-state index in [2.05, 4.69) is 22.5 Å². The van der Waals surface area contributed by atoms with Gasteiger partial charge in [0.05, 0.1) is 5.52 Å². The minimum absolute atomic E-state index is 0.0740. The molecule has 40 heavy (non-hydrogen) atoms. The van der Waals surface area contributed by atoms with Crippen molar-refractivity contribution in [3.8, 4) is 11.5 Å². The van der Waals surface area contributed by atoms with E-state index in [1.807, 2.05) is 45.0 Å². The number of benzene rings is 3. The van der Waals surface area contributed by atoms with Gasteiger partial charge in [-0.15, -0.1) is 0 Å². The fourth-order valence-corrected chi connectivity index (χ4v) is 4.14. The first-order valence-electron chi connectivity index (χ1n) is 13.0. The summed E-state index contributed by atoms with van der Waals surface area (Å²) in [5, 5.41) is 6.06. The van der Waals surface area contributed by atoms with Crippen molar-refractivity contribution in [2.24, 2.45) is 0 Å². The molecule has 0 unspecified atom stereocenters. The van der Waals surface area contributed by atoms with Gasteiger partial charge in [0, 0.05) is 16.6 Å². The number of carbonyl (C=O) groups is 3. The van der Waals surface area contributed by atoms with Crippen molar-refractivity contribution >= 4 is 34.3 Å². The predicted molar refractivity (Wildman–Crippen MR) is 153 cm³/mol. The van der Waals surface area contributed by atoms with Crippen molar-refractivity contribution in [1.29, 1.82) is 0 Å². The number of ether oxygens (including phenoxy) is 1. The van der Waals surface area contributed by atoms with Crippen LogP contribution >= 0.6 is 0 Å². The Morgan fingerprint density at radius 1 is 0.900 bits per heavy atom. The number of nitrogens with one attached hydrogen (secondary N) is 3. The molecule has 4 rings (SSSR count). The molecule has 0 saturated heterocycles. The van der Waals surface area contributed by atoms with Gasteiger partial charge < -0.3 is 25.3 Å². The summed E-state index contributed by atoms with van der Waals surface area (Å²) >= 11 is 0. The molecule has 4 aromatic rings. The van der Waals surface area contributed by atoms with Crippen LogP contribution in [0, 0.1) is 5.82 Å². The van der Waals surface area contributed by atoms with Crippen LogP contribution in [-0.4, -0.2) is 46.2 Å². The monoisotopic (exact) mass is 544 g/mol. The SMILES string of the molecule is CCc1ccc(Oc2ccc(NC(=O)CN(CC(=O)NC(C)(C)C)C(=O)c3cc4cccc(F)c4[nH]3)cc2)cc1. The molecule has 3 amide bonds. The molecular weight excluding hydrogens is 511 g/mol. The number of nitrogens with zero attached hydrogens (tertiary/aromatic N) is 1. The third-order valence-corrected chi connectivity index (χ3v) is 6.01. The maximum Gasteiger partial charge on any atom is 0.271 e. The van der Waals surface area contributed by atoms with Gasteiger partial charge in [-0.1, -0.05) is 31.2 Å². The molecule has 1 aromatic heterocycles. The maximum atomic E-state index is 14.2. The van der Waals surface area contributed by atoms with Crippen LogP contribution in [0.15, 0.2) is 72.8 Å². The number of hydrogen-bond acceptors (Lipinski definition) is 4. The number of anilines is 1. The summed E-state index contributed by atoms with van der Waals surface area (Å²) in [5.41, 5.74) is 1.44. The molecule has 3 aromatic carbocycles. The first-order chi connectivity index (χ1) is 19.0. The van der Waals surface area contributed by atoms with Gasteiger partial charge in [0.25, 0.3) is 5.91 Å². The van der Waals surface area contributed by atoms with Crippen molar-refractivity contribution in [3.05, 3.63) is 89.9 Å². The quantitative estimate of drug-likeness (QED) is 0.253. The van der Waals surface area contributed by atoms with Crippen LogP contribution in [0.1, 0.15) is 43.7 Å². The summed E-state index contributed by atoms with van der Waals surface area (Å²) in [6.07, 6.45) is 0.944. The third kappa shape index (κ3) is 7.47. The van der Waals surface area contributed by atoms with E-state index in [1.165, 1.54) is 17.7 Å². The van der Waals surface area contributed by atoms with Crippen LogP contribution in [0.3, 0.4) is 0 Å². The lowest BCUT2D eigenvalue weighted by atomic mass is 10.1. The van der Waals surface area contributed by atoms with Gasteiger partial charge in [-0.25, -0.2) is 4.39 Å². The normalized spacial score (nSPS) is 11.2. The van der Waals surface area contributed by atoms with Crippen molar-refractivity contribution < 1.29 is 23.5 Å². The molecule has 9 heteroatoms. The molecule has 1 heterocycles. The number of aryl methyl sites for hydroxylation is 1. The Balaban J connectivity index is 1.45. The molecule has 0 bridgehead atoms. The summed E-state index contributed by atoms with van der Waals surface area (Å²) < 4.78 is 20.1. The molecule has 0 aliphatic carbocycles. The van der Waals surface area contributed by atoms with Crippen molar-refractivity contribution in [2.45, 2.75) is 39.7 Å². The molecule has 3 N–H and O–H groups in total. The van der Waals surface area contributed by atoms with Crippen LogP contribution in [0.4, 0.5) is 10.1 Å². The summed E-state index contributed by atoms with van der Waals surface area (Å²) in [6.45, 7) is 6.79. The molecular formula is C31H33FN4O4. The summed E-state index contributed by atoms with van der Waals surface area (Å²) in [5.74, 6) is -0.728. The van der Waals surface area contributed by atoms with Crippen molar-refractivity contribution in [1.82, 2.24) is 15.2 Å². The number of carbonyl (C=O) groups excluding carboxylic acids is 3. The van der Waals surface area contributed by atoms with Gasteiger partial charge in [0.1, 0.15) is 36.1 Å². The van der Waals surface area contributed by atoms with E-state index < -0.39 is 35.6 Å². The number of rotatable bonds is 9. The lowest BCUT2D eigenvalue weighted by molar-refractivity contribution is -0.124. The van der Waals surface area contributed by atoms with Crippen molar-refractivity contribution in [2.75, 3.05) is 18.4 Å². The lowest BCUT2D eigenvalue weighted by Gasteiger charge is -2.25. The Kier molecular flexibility index (Phi) is 8.52. The molecule has 0 atom stereocenters. The number of H-pyrrole nitrogens is 1. The van der Waals surface area contributed by atoms with Crippen LogP contribution in [0.5, 0.6) is 11.5 Å². The number of aromatic nitrogens is 1. The minimum Gasteiger partial charge on any atom is -0.457 e. The number of aromatic amines is 1. The first-order valence-corrected chi connectivity index (χ1v) is 13.0. The number of fused-ring (bicyclic) bond motifs is 1. The molecule has 208 valence electrons. The fourth-order valence-electron chi connectivity index (χ4n) is 4.14. The minimum atomic E-state index is -0.604. The second-order valence-corrected chi connectivity index (χ2v) is 10.5. The highest BCUT2D eigenvalue weighted by Gasteiger charge is 2.25. The Bertz CT molecular complexity index is 1510. The average molecular weight is 545 g/mol. The summed E-state index contributed by atoms with van der Waals surface area (Å²) in [6, 6.07) is 20.6. The van der Waals surface area contributed by atoms with Crippen LogP contribution in [0.25, 0.3) is 10.9 Å². The lowest BCUT2D eigenvalue weighted by Crippen LogP contribution is -2.49. The summed E-state index contributed by atoms with van der Waals surface area (Å²) in [7, 11) is 0. The molecule has 0 fully saturated rings. The van der Waals surface area contributed by atoms with E-state index in [0.717, 1.165) is 11.3 Å². The average Bonchev–Trinajstić information content (AvgIpc) is 3.34. The Labute approximate surface area is 232 Å². The largest absolute Gasteiger partial charge is 0.457 e. The second kappa shape index (κ2) is 12.0. The Hall–Kier alpha value is -4.66. The van der Waals surface area contributed by atoms with E-state index >= 15 is 0 Å². The van der Waals surface area contributed by atoms with E-state index in [1.54, 1.807) is 36.4 Å². The number of hydrogen-bond donors (Lipinski definition) is 3.